The van der Waals surface area contributed by atoms with Gasteiger partial charge in [0.15, 0.2) is 5.11 Å². The number of nitrogens with one attached hydrogen (secondary N) is 1. The van der Waals surface area contributed by atoms with Gasteiger partial charge in [0.05, 0.1) is 11.6 Å². The first-order valence-corrected chi connectivity index (χ1v) is 6.41. The molecule has 0 aromatic heterocycles. The Kier molecular flexibility index (Phi) is 5.60. The monoisotopic (exact) mass is 261 g/mol. The van der Waals surface area contributed by atoms with Gasteiger partial charge in [-0.1, -0.05) is 26.0 Å². The minimum absolute atomic E-state index is 0.568. The Balaban J connectivity index is 2.55. The van der Waals surface area contributed by atoms with Gasteiger partial charge >= 0.3 is 0 Å². The van der Waals surface area contributed by atoms with Gasteiger partial charge in [0.1, 0.15) is 0 Å². The van der Waals surface area contributed by atoms with Gasteiger partial charge in [-0.2, -0.15) is 5.26 Å². The van der Waals surface area contributed by atoms with Crippen molar-refractivity contribution in [1.29, 1.82) is 5.26 Å². The van der Waals surface area contributed by atoms with Gasteiger partial charge in [0, 0.05) is 20.1 Å². The highest BCUT2D eigenvalue weighted by Gasteiger charge is 2.05. The number of nitrogens with zero attached hydrogens (tertiary/aromatic N) is 2. The lowest BCUT2D eigenvalue weighted by molar-refractivity contribution is 0.480. The first-order valence-electron chi connectivity index (χ1n) is 6.01. The van der Waals surface area contributed by atoms with Crippen molar-refractivity contribution in [3.63, 3.8) is 0 Å². The molecule has 1 aromatic rings. The topological polar surface area (TPSA) is 39.1 Å². The molecule has 0 heterocycles. The summed E-state index contributed by atoms with van der Waals surface area (Å²) in [4.78, 5) is 1.98. The number of thiocarbonyl (C=S) groups is 1. The van der Waals surface area contributed by atoms with Gasteiger partial charge in [0.25, 0.3) is 0 Å². The van der Waals surface area contributed by atoms with Gasteiger partial charge in [0.2, 0.25) is 0 Å². The van der Waals surface area contributed by atoms with Crippen molar-refractivity contribution in [2.24, 2.45) is 5.92 Å². The minimum atomic E-state index is 0.568. The molecule has 0 spiro atoms. The fraction of sp³-hybridized carbons (Fsp3) is 0.429. The summed E-state index contributed by atoms with van der Waals surface area (Å²) in [6, 6.07) is 9.74. The number of hydrogen-bond donors (Lipinski definition) is 1. The molecule has 0 aliphatic rings. The smallest absolute Gasteiger partial charge is 0.168 e. The summed E-state index contributed by atoms with van der Waals surface area (Å²) in [5.41, 5.74) is 1.77. The van der Waals surface area contributed by atoms with Crippen LogP contribution in [0.1, 0.15) is 25.0 Å². The SMILES string of the molecule is CC(C)CNC(=S)N(C)Cc1cccc(C#N)c1. The van der Waals surface area contributed by atoms with E-state index in [9.17, 15) is 0 Å². The van der Waals surface area contributed by atoms with Gasteiger partial charge in [-0.3, -0.25) is 0 Å². The third kappa shape index (κ3) is 4.72. The van der Waals surface area contributed by atoms with E-state index in [2.05, 4.69) is 25.2 Å². The van der Waals surface area contributed by atoms with Crippen molar-refractivity contribution in [1.82, 2.24) is 10.2 Å². The summed E-state index contributed by atoms with van der Waals surface area (Å²) in [5, 5.41) is 12.8. The standard InChI is InChI=1S/C14H19N3S/c1-11(2)9-16-14(18)17(3)10-13-6-4-5-12(7-13)8-15/h4-7,11H,9-10H2,1-3H3,(H,16,18). The molecule has 0 saturated heterocycles. The van der Waals surface area contributed by atoms with Crippen molar-refractivity contribution in [3.8, 4) is 6.07 Å². The fourth-order valence-corrected chi connectivity index (χ4v) is 1.66. The summed E-state index contributed by atoms with van der Waals surface area (Å²) >= 11 is 5.31. The summed E-state index contributed by atoms with van der Waals surface area (Å²) in [6.45, 7) is 5.87. The quantitative estimate of drug-likeness (QED) is 0.845. The second kappa shape index (κ2) is 6.97. The Morgan fingerprint density at radius 2 is 2.22 bits per heavy atom. The lowest BCUT2D eigenvalue weighted by atomic mass is 10.1. The molecule has 0 aliphatic heterocycles. The van der Waals surface area contributed by atoms with Crippen LogP contribution in [0.5, 0.6) is 0 Å². The molecule has 0 saturated carbocycles. The van der Waals surface area contributed by atoms with E-state index in [1.807, 2.05) is 30.1 Å². The predicted octanol–water partition coefficient (Wildman–Crippen LogP) is 2.52. The Bertz CT molecular complexity index is 449. The summed E-state index contributed by atoms with van der Waals surface area (Å²) < 4.78 is 0. The summed E-state index contributed by atoms with van der Waals surface area (Å²) in [7, 11) is 1.95. The highest BCUT2D eigenvalue weighted by atomic mass is 32.1. The third-order valence-corrected chi connectivity index (χ3v) is 2.94. The molecule has 1 N–H and O–H groups in total. The molecule has 0 aliphatic carbocycles. The van der Waals surface area contributed by atoms with Crippen molar-refractivity contribution >= 4 is 17.3 Å². The van der Waals surface area contributed by atoms with Crippen LogP contribution in [0.2, 0.25) is 0 Å². The number of nitriles is 1. The molecular formula is C14H19N3S. The van der Waals surface area contributed by atoms with Crippen LogP contribution in [0.4, 0.5) is 0 Å². The zero-order valence-electron chi connectivity index (χ0n) is 11.1. The van der Waals surface area contributed by atoms with Crippen molar-refractivity contribution < 1.29 is 0 Å². The van der Waals surface area contributed by atoms with Gasteiger partial charge < -0.3 is 10.2 Å². The molecule has 0 bridgehead atoms. The molecule has 3 nitrogen and oxygen atoms in total. The van der Waals surface area contributed by atoms with Gasteiger partial charge in [-0.15, -0.1) is 0 Å². The van der Waals surface area contributed by atoms with Crippen LogP contribution in [0.25, 0.3) is 0 Å². The maximum atomic E-state index is 8.85. The maximum Gasteiger partial charge on any atom is 0.168 e. The highest BCUT2D eigenvalue weighted by molar-refractivity contribution is 7.80. The van der Waals surface area contributed by atoms with E-state index in [0.717, 1.165) is 17.2 Å². The van der Waals surface area contributed by atoms with Crippen LogP contribution >= 0.6 is 12.2 Å². The average Bonchev–Trinajstić information content (AvgIpc) is 2.36. The van der Waals surface area contributed by atoms with E-state index in [1.165, 1.54) is 0 Å². The molecule has 1 aromatic carbocycles. The Morgan fingerprint density at radius 1 is 1.50 bits per heavy atom. The van der Waals surface area contributed by atoms with Crippen LogP contribution in [0.15, 0.2) is 24.3 Å². The molecule has 0 atom stereocenters. The van der Waals surface area contributed by atoms with E-state index >= 15 is 0 Å². The van der Waals surface area contributed by atoms with Crippen LogP contribution in [0.3, 0.4) is 0 Å². The summed E-state index contributed by atoms with van der Waals surface area (Å²) in [6.07, 6.45) is 0. The largest absolute Gasteiger partial charge is 0.362 e. The lowest BCUT2D eigenvalue weighted by Gasteiger charge is -2.22. The van der Waals surface area contributed by atoms with Gasteiger partial charge in [-0.25, -0.2) is 0 Å². The number of hydrogen-bond acceptors (Lipinski definition) is 2. The zero-order valence-corrected chi connectivity index (χ0v) is 11.9. The first-order chi connectivity index (χ1) is 8.52. The molecule has 4 heteroatoms. The van der Waals surface area contributed by atoms with Crippen molar-refractivity contribution in [2.45, 2.75) is 20.4 Å². The molecule has 96 valence electrons. The minimum Gasteiger partial charge on any atom is -0.362 e. The van der Waals surface area contributed by atoms with E-state index < -0.39 is 0 Å². The third-order valence-electron chi connectivity index (χ3n) is 2.48. The van der Waals surface area contributed by atoms with E-state index in [0.29, 0.717) is 18.0 Å². The number of benzene rings is 1. The van der Waals surface area contributed by atoms with Crippen LogP contribution < -0.4 is 5.32 Å². The molecular weight excluding hydrogens is 242 g/mol. The lowest BCUT2D eigenvalue weighted by Crippen LogP contribution is -2.38. The van der Waals surface area contributed by atoms with E-state index in [1.54, 1.807) is 6.07 Å². The fourth-order valence-electron chi connectivity index (χ4n) is 1.51. The normalized spacial score (nSPS) is 9.94. The van der Waals surface area contributed by atoms with Crippen molar-refractivity contribution in [2.75, 3.05) is 13.6 Å². The highest BCUT2D eigenvalue weighted by Crippen LogP contribution is 2.07. The molecule has 0 radical (unpaired) electrons. The van der Waals surface area contributed by atoms with E-state index in [4.69, 9.17) is 17.5 Å². The Hall–Kier alpha value is -1.60. The Morgan fingerprint density at radius 3 is 2.83 bits per heavy atom. The van der Waals surface area contributed by atoms with E-state index in [-0.39, 0.29) is 0 Å². The first kappa shape index (κ1) is 14.5. The molecule has 0 unspecified atom stereocenters. The second-order valence-electron chi connectivity index (χ2n) is 4.75. The molecule has 18 heavy (non-hydrogen) atoms. The zero-order chi connectivity index (χ0) is 13.5. The predicted molar refractivity (Wildman–Crippen MR) is 78.1 cm³/mol. The average molecular weight is 261 g/mol. The molecule has 0 amide bonds. The molecule has 1 rings (SSSR count). The van der Waals surface area contributed by atoms with Crippen LogP contribution in [-0.4, -0.2) is 23.6 Å². The maximum absolute atomic E-state index is 8.85. The van der Waals surface area contributed by atoms with Crippen LogP contribution in [0, 0.1) is 17.2 Å². The Labute approximate surface area is 114 Å². The molecule has 0 fully saturated rings. The number of rotatable bonds is 4. The second-order valence-corrected chi connectivity index (χ2v) is 5.13. The van der Waals surface area contributed by atoms with Crippen molar-refractivity contribution in [3.05, 3.63) is 35.4 Å². The van der Waals surface area contributed by atoms with Gasteiger partial charge in [-0.05, 0) is 35.8 Å². The summed E-state index contributed by atoms with van der Waals surface area (Å²) in [5.74, 6) is 0.568. The van der Waals surface area contributed by atoms with Crippen LogP contribution in [-0.2, 0) is 6.54 Å².